The summed E-state index contributed by atoms with van der Waals surface area (Å²) in [7, 11) is -2.45. The molecule has 0 amide bonds. The maximum absolute atomic E-state index is 14.2. The van der Waals surface area contributed by atoms with Crippen LogP contribution in [0, 0.1) is 20.8 Å². The molecular weight excluding hydrogens is 351 g/mol. The number of methoxy groups -OCH3 is 1. The van der Waals surface area contributed by atoms with Crippen molar-refractivity contribution in [1.29, 1.82) is 0 Å². The fourth-order valence-electron chi connectivity index (χ4n) is 4.04. The van der Waals surface area contributed by atoms with E-state index in [0.717, 1.165) is 29.5 Å². The van der Waals surface area contributed by atoms with Crippen LogP contribution in [0.2, 0.25) is 0 Å². The second-order valence-corrected chi connectivity index (χ2v) is 10.1. The maximum atomic E-state index is 14.2. The number of carbonyl (C=O) groups excluding carboxylic acids is 2. The lowest BCUT2D eigenvalue weighted by Gasteiger charge is -2.30. The molecule has 0 aromatic heterocycles. The first kappa shape index (κ1) is 20.9. The fourth-order valence-corrected chi connectivity index (χ4v) is 7.59. The highest BCUT2D eigenvalue weighted by Gasteiger charge is 2.52. The molecule has 1 aromatic rings. The van der Waals surface area contributed by atoms with Crippen LogP contribution in [-0.4, -0.2) is 36.7 Å². The van der Waals surface area contributed by atoms with E-state index in [2.05, 4.69) is 0 Å². The molecule has 1 fully saturated rings. The van der Waals surface area contributed by atoms with Gasteiger partial charge < -0.3 is 14.0 Å². The highest BCUT2D eigenvalue weighted by atomic mass is 31.2. The SMILES string of the molecule is CCOC(C(=O)OC)P(=O)(C(=O)c1c(C)cc(C)cc1C)C1CCCC1. The van der Waals surface area contributed by atoms with Gasteiger partial charge in [0.2, 0.25) is 11.4 Å². The van der Waals surface area contributed by atoms with Gasteiger partial charge in [-0.15, -0.1) is 0 Å². The Morgan fingerprint density at radius 3 is 2.15 bits per heavy atom. The Bertz CT molecular complexity index is 711. The average Bonchev–Trinajstić information content (AvgIpc) is 3.12. The van der Waals surface area contributed by atoms with Crippen LogP contribution >= 0.6 is 7.14 Å². The number of benzene rings is 1. The molecule has 1 aliphatic rings. The lowest BCUT2D eigenvalue weighted by Crippen LogP contribution is -2.33. The zero-order valence-corrected chi connectivity index (χ0v) is 17.2. The third kappa shape index (κ3) is 3.79. The lowest BCUT2D eigenvalue weighted by molar-refractivity contribution is -0.148. The summed E-state index contributed by atoms with van der Waals surface area (Å²) < 4.78 is 24.6. The quantitative estimate of drug-likeness (QED) is 0.511. The van der Waals surface area contributed by atoms with Gasteiger partial charge in [-0.2, -0.15) is 0 Å². The second kappa shape index (κ2) is 8.49. The van der Waals surface area contributed by atoms with Crippen LogP contribution in [0.3, 0.4) is 0 Å². The average molecular weight is 380 g/mol. The van der Waals surface area contributed by atoms with Crippen molar-refractivity contribution in [3.8, 4) is 0 Å². The predicted molar refractivity (Wildman–Crippen MR) is 102 cm³/mol. The van der Waals surface area contributed by atoms with E-state index in [-0.39, 0.29) is 12.3 Å². The number of hydrogen-bond donors (Lipinski definition) is 0. The summed E-state index contributed by atoms with van der Waals surface area (Å²) in [6.45, 7) is 7.57. The van der Waals surface area contributed by atoms with E-state index < -0.39 is 24.5 Å². The first-order valence-corrected chi connectivity index (χ1v) is 11.0. The Morgan fingerprint density at radius 1 is 1.15 bits per heavy atom. The molecule has 144 valence electrons. The largest absolute Gasteiger partial charge is 0.467 e. The predicted octanol–water partition coefficient (Wildman–Crippen LogP) is 4.59. The summed E-state index contributed by atoms with van der Waals surface area (Å²) in [5.74, 6) is -2.05. The van der Waals surface area contributed by atoms with Gasteiger partial charge in [0.1, 0.15) is 0 Å². The molecule has 0 spiro atoms. The maximum Gasteiger partial charge on any atom is 0.343 e. The molecule has 0 heterocycles. The van der Waals surface area contributed by atoms with Crippen LogP contribution in [0.5, 0.6) is 0 Å². The van der Waals surface area contributed by atoms with E-state index >= 15 is 0 Å². The molecule has 0 bridgehead atoms. The summed E-state index contributed by atoms with van der Waals surface area (Å²) in [5, 5.41) is 0. The first-order chi connectivity index (χ1) is 12.3. The Hall–Kier alpha value is -1.45. The molecule has 1 aliphatic carbocycles. The standard InChI is InChI=1S/C20H29O5P/c1-6-25-20(18(21)24-5)26(23,16-9-7-8-10-16)19(22)17-14(3)11-13(2)12-15(17)4/h11-12,16,20H,6-10H2,1-5H3. The van der Waals surface area contributed by atoms with Crippen molar-refractivity contribution >= 4 is 18.6 Å². The van der Waals surface area contributed by atoms with Gasteiger partial charge in [0.05, 0.1) is 7.11 Å². The van der Waals surface area contributed by atoms with E-state index in [0.29, 0.717) is 18.4 Å². The van der Waals surface area contributed by atoms with E-state index in [9.17, 15) is 14.2 Å². The number of aryl methyl sites for hydroxylation is 3. The molecule has 0 aliphatic heterocycles. The molecule has 2 unspecified atom stereocenters. The number of ether oxygens (including phenoxy) is 2. The molecule has 0 radical (unpaired) electrons. The second-order valence-electron chi connectivity index (χ2n) is 7.06. The van der Waals surface area contributed by atoms with Gasteiger partial charge in [-0.1, -0.05) is 30.5 Å². The Labute approximate surface area is 155 Å². The summed E-state index contributed by atoms with van der Waals surface area (Å²) in [5.41, 5.74) is 2.30. The Balaban J connectivity index is 2.62. The molecule has 0 N–H and O–H groups in total. The molecule has 6 heteroatoms. The van der Waals surface area contributed by atoms with Crippen molar-refractivity contribution in [3.05, 3.63) is 34.4 Å². The minimum atomic E-state index is -3.68. The van der Waals surface area contributed by atoms with Gasteiger partial charge in [-0.3, -0.25) is 4.79 Å². The van der Waals surface area contributed by atoms with Crippen LogP contribution in [0.1, 0.15) is 59.7 Å². The molecule has 0 saturated heterocycles. The van der Waals surface area contributed by atoms with Crippen LogP contribution in [-0.2, 0) is 18.8 Å². The number of esters is 1. The van der Waals surface area contributed by atoms with Crippen LogP contribution in [0.15, 0.2) is 12.1 Å². The van der Waals surface area contributed by atoms with Gasteiger partial charge >= 0.3 is 5.97 Å². The molecule has 26 heavy (non-hydrogen) atoms. The molecule has 5 nitrogen and oxygen atoms in total. The zero-order valence-electron chi connectivity index (χ0n) is 16.3. The van der Waals surface area contributed by atoms with E-state index in [1.165, 1.54) is 7.11 Å². The minimum Gasteiger partial charge on any atom is -0.467 e. The minimum absolute atomic E-state index is 0.190. The summed E-state index contributed by atoms with van der Waals surface area (Å²) in [6.07, 6.45) is 3.17. The summed E-state index contributed by atoms with van der Waals surface area (Å²) >= 11 is 0. The van der Waals surface area contributed by atoms with Crippen molar-refractivity contribution < 1.29 is 23.6 Å². The smallest absolute Gasteiger partial charge is 0.343 e. The molecule has 2 rings (SSSR count). The van der Waals surface area contributed by atoms with Gasteiger partial charge in [-0.05, 0) is 51.7 Å². The van der Waals surface area contributed by atoms with E-state index in [1.807, 2.05) is 32.9 Å². The third-order valence-electron chi connectivity index (χ3n) is 5.15. The lowest BCUT2D eigenvalue weighted by atomic mass is 10.0. The fraction of sp³-hybridized carbons (Fsp3) is 0.600. The topological polar surface area (TPSA) is 69.7 Å². The third-order valence-corrected chi connectivity index (χ3v) is 8.67. The highest BCUT2D eigenvalue weighted by molar-refractivity contribution is 7.82. The van der Waals surface area contributed by atoms with Crippen molar-refractivity contribution in [2.75, 3.05) is 13.7 Å². The number of rotatable bonds is 7. The first-order valence-electron chi connectivity index (χ1n) is 9.18. The summed E-state index contributed by atoms with van der Waals surface area (Å²) in [6, 6.07) is 3.82. The Morgan fingerprint density at radius 2 is 1.69 bits per heavy atom. The number of carbonyl (C=O) groups is 2. The van der Waals surface area contributed by atoms with Crippen LogP contribution in [0.25, 0.3) is 0 Å². The van der Waals surface area contributed by atoms with Crippen LogP contribution < -0.4 is 0 Å². The van der Waals surface area contributed by atoms with Gasteiger partial charge in [0.25, 0.3) is 0 Å². The van der Waals surface area contributed by atoms with Gasteiger partial charge in [0.15, 0.2) is 7.14 Å². The van der Waals surface area contributed by atoms with Crippen molar-refractivity contribution in [3.63, 3.8) is 0 Å². The highest BCUT2D eigenvalue weighted by Crippen LogP contribution is 2.63. The van der Waals surface area contributed by atoms with E-state index in [4.69, 9.17) is 9.47 Å². The van der Waals surface area contributed by atoms with Crippen molar-refractivity contribution in [2.45, 2.75) is 64.9 Å². The zero-order chi connectivity index (χ0) is 19.5. The Kier molecular flexibility index (Phi) is 6.81. The monoisotopic (exact) mass is 380 g/mol. The number of hydrogen-bond acceptors (Lipinski definition) is 5. The molecule has 2 atom stereocenters. The molecule has 1 aromatic carbocycles. The van der Waals surface area contributed by atoms with Crippen molar-refractivity contribution in [2.24, 2.45) is 0 Å². The summed E-state index contributed by atoms with van der Waals surface area (Å²) in [4.78, 5) is 26.0. The normalized spacial score (nSPS) is 18.3. The van der Waals surface area contributed by atoms with Crippen LogP contribution in [0.4, 0.5) is 0 Å². The van der Waals surface area contributed by atoms with Gasteiger partial charge in [0, 0.05) is 17.8 Å². The molecular formula is C20H29O5P. The van der Waals surface area contributed by atoms with Gasteiger partial charge in [-0.25, -0.2) is 4.79 Å². The van der Waals surface area contributed by atoms with Crippen molar-refractivity contribution in [1.82, 2.24) is 0 Å². The van der Waals surface area contributed by atoms with E-state index in [1.54, 1.807) is 6.92 Å². The molecule has 1 saturated carbocycles.